The molecule has 0 radical (unpaired) electrons. The number of rotatable bonds is 4. The molecule has 4 nitrogen and oxygen atoms in total. The van der Waals surface area contributed by atoms with E-state index >= 15 is 0 Å². The lowest BCUT2D eigenvalue weighted by Crippen LogP contribution is -2.16. The SMILES string of the molecule is CN=C(c1cccc(OCN)c1)C1CCOC1. The maximum absolute atomic E-state index is 5.41. The summed E-state index contributed by atoms with van der Waals surface area (Å²) in [6.45, 7) is 1.77. The average molecular weight is 234 g/mol. The molecule has 1 saturated heterocycles. The van der Waals surface area contributed by atoms with Crippen molar-refractivity contribution in [2.45, 2.75) is 6.42 Å². The Hall–Kier alpha value is -1.39. The minimum atomic E-state index is 0.189. The fourth-order valence-electron chi connectivity index (χ4n) is 2.14. The van der Waals surface area contributed by atoms with Gasteiger partial charge in [-0.2, -0.15) is 0 Å². The minimum Gasteiger partial charge on any atom is -0.479 e. The summed E-state index contributed by atoms with van der Waals surface area (Å²) in [5.74, 6) is 1.18. The van der Waals surface area contributed by atoms with E-state index in [0.717, 1.165) is 36.7 Å². The van der Waals surface area contributed by atoms with Crippen molar-refractivity contribution < 1.29 is 9.47 Å². The number of benzene rings is 1. The van der Waals surface area contributed by atoms with E-state index in [2.05, 4.69) is 4.99 Å². The maximum atomic E-state index is 5.41. The van der Waals surface area contributed by atoms with Gasteiger partial charge in [-0.25, -0.2) is 0 Å². The standard InChI is InChI=1S/C13H18N2O2/c1-15-13(11-5-6-16-8-11)10-3-2-4-12(7-10)17-9-14/h2-4,7,11H,5-6,8-9,14H2,1H3. The third kappa shape index (κ3) is 2.84. The quantitative estimate of drug-likeness (QED) is 0.633. The van der Waals surface area contributed by atoms with Crippen molar-refractivity contribution in [3.8, 4) is 5.75 Å². The highest BCUT2D eigenvalue weighted by Crippen LogP contribution is 2.22. The number of ether oxygens (including phenoxy) is 2. The molecule has 0 saturated carbocycles. The number of hydrogen-bond donors (Lipinski definition) is 1. The summed E-state index contributed by atoms with van der Waals surface area (Å²) in [5.41, 5.74) is 7.55. The normalized spacial score (nSPS) is 20.6. The molecule has 1 fully saturated rings. The van der Waals surface area contributed by atoms with E-state index in [1.807, 2.05) is 31.3 Å². The predicted octanol–water partition coefficient (Wildman–Crippen LogP) is 1.44. The molecular weight excluding hydrogens is 216 g/mol. The third-order valence-corrected chi connectivity index (χ3v) is 2.94. The van der Waals surface area contributed by atoms with Crippen molar-refractivity contribution in [1.82, 2.24) is 0 Å². The Labute approximate surface area is 101 Å². The zero-order chi connectivity index (χ0) is 12.1. The van der Waals surface area contributed by atoms with E-state index in [0.29, 0.717) is 5.92 Å². The van der Waals surface area contributed by atoms with Gasteiger partial charge in [-0.05, 0) is 24.1 Å². The molecule has 0 spiro atoms. The summed E-state index contributed by atoms with van der Waals surface area (Å²) in [4.78, 5) is 4.39. The van der Waals surface area contributed by atoms with Gasteiger partial charge < -0.3 is 9.47 Å². The fraction of sp³-hybridized carbons (Fsp3) is 0.462. The second kappa shape index (κ2) is 5.80. The molecule has 92 valence electrons. The van der Waals surface area contributed by atoms with Crippen LogP contribution in [0.1, 0.15) is 12.0 Å². The third-order valence-electron chi connectivity index (χ3n) is 2.94. The van der Waals surface area contributed by atoms with Gasteiger partial charge in [0.2, 0.25) is 0 Å². The summed E-state index contributed by atoms with van der Waals surface area (Å²) >= 11 is 0. The summed E-state index contributed by atoms with van der Waals surface area (Å²) in [5, 5.41) is 0. The molecule has 2 rings (SSSR count). The number of hydrogen-bond acceptors (Lipinski definition) is 4. The van der Waals surface area contributed by atoms with Gasteiger partial charge >= 0.3 is 0 Å². The Morgan fingerprint density at radius 3 is 3.12 bits per heavy atom. The van der Waals surface area contributed by atoms with Crippen molar-refractivity contribution in [2.24, 2.45) is 16.6 Å². The summed E-state index contributed by atoms with van der Waals surface area (Å²) < 4.78 is 10.7. The molecule has 1 unspecified atom stereocenters. The van der Waals surface area contributed by atoms with Gasteiger partial charge in [-0.3, -0.25) is 10.7 Å². The Kier molecular flexibility index (Phi) is 4.12. The molecule has 0 amide bonds. The van der Waals surface area contributed by atoms with Gasteiger partial charge in [0, 0.05) is 25.3 Å². The van der Waals surface area contributed by atoms with Gasteiger partial charge in [0.1, 0.15) is 12.5 Å². The highest BCUT2D eigenvalue weighted by molar-refractivity contribution is 6.02. The highest BCUT2D eigenvalue weighted by Gasteiger charge is 2.22. The second-order valence-corrected chi connectivity index (χ2v) is 4.01. The maximum Gasteiger partial charge on any atom is 0.137 e. The van der Waals surface area contributed by atoms with Gasteiger partial charge in [0.05, 0.1) is 6.61 Å². The van der Waals surface area contributed by atoms with Crippen molar-refractivity contribution in [3.63, 3.8) is 0 Å². The lowest BCUT2D eigenvalue weighted by molar-refractivity contribution is 0.193. The molecule has 1 atom stereocenters. The molecule has 1 aromatic rings. The molecule has 4 heteroatoms. The number of nitrogens with two attached hydrogens (primary N) is 1. The topological polar surface area (TPSA) is 56.8 Å². The molecule has 0 bridgehead atoms. The Morgan fingerprint density at radius 1 is 1.59 bits per heavy atom. The Bertz CT molecular complexity index is 398. The molecule has 1 heterocycles. The lowest BCUT2D eigenvalue weighted by Gasteiger charge is -2.13. The second-order valence-electron chi connectivity index (χ2n) is 4.01. The molecule has 17 heavy (non-hydrogen) atoms. The number of nitrogens with zero attached hydrogens (tertiary/aromatic N) is 1. The molecule has 0 aliphatic carbocycles. The fourth-order valence-corrected chi connectivity index (χ4v) is 2.14. The highest BCUT2D eigenvalue weighted by atomic mass is 16.5. The molecule has 2 N–H and O–H groups in total. The average Bonchev–Trinajstić information content (AvgIpc) is 2.85. The van der Waals surface area contributed by atoms with Crippen molar-refractivity contribution in [3.05, 3.63) is 29.8 Å². The summed E-state index contributed by atoms with van der Waals surface area (Å²) in [7, 11) is 1.82. The van der Waals surface area contributed by atoms with Crippen LogP contribution in [0, 0.1) is 5.92 Å². The molecule has 0 aromatic heterocycles. The molecule has 1 aliphatic heterocycles. The number of aliphatic imine (C=N–C) groups is 1. The minimum absolute atomic E-state index is 0.189. The van der Waals surface area contributed by atoms with E-state index < -0.39 is 0 Å². The summed E-state index contributed by atoms with van der Waals surface area (Å²) in [6.07, 6.45) is 1.04. The van der Waals surface area contributed by atoms with Crippen LogP contribution in [0.3, 0.4) is 0 Å². The first-order valence-electron chi connectivity index (χ1n) is 5.83. The monoisotopic (exact) mass is 234 g/mol. The van der Waals surface area contributed by atoms with Gasteiger partial charge in [-0.1, -0.05) is 12.1 Å². The molecular formula is C13H18N2O2. The van der Waals surface area contributed by atoms with Crippen LogP contribution in [0.5, 0.6) is 5.75 Å². The van der Waals surface area contributed by atoms with Crippen LogP contribution < -0.4 is 10.5 Å². The van der Waals surface area contributed by atoms with Crippen LogP contribution in [-0.4, -0.2) is 32.7 Å². The van der Waals surface area contributed by atoms with Crippen LogP contribution in [0.2, 0.25) is 0 Å². The van der Waals surface area contributed by atoms with Crippen molar-refractivity contribution in [1.29, 1.82) is 0 Å². The van der Waals surface area contributed by atoms with E-state index in [-0.39, 0.29) is 6.73 Å². The first-order valence-corrected chi connectivity index (χ1v) is 5.83. The zero-order valence-corrected chi connectivity index (χ0v) is 10.1. The zero-order valence-electron chi connectivity index (χ0n) is 10.1. The Morgan fingerprint density at radius 2 is 2.47 bits per heavy atom. The predicted molar refractivity (Wildman–Crippen MR) is 67.5 cm³/mol. The van der Waals surface area contributed by atoms with Gasteiger partial charge in [-0.15, -0.1) is 0 Å². The Balaban J connectivity index is 2.21. The summed E-state index contributed by atoms with van der Waals surface area (Å²) in [6, 6.07) is 7.88. The molecule has 1 aromatic carbocycles. The van der Waals surface area contributed by atoms with Gasteiger partial charge in [0.25, 0.3) is 0 Å². The van der Waals surface area contributed by atoms with E-state index in [4.69, 9.17) is 15.2 Å². The first kappa shape index (κ1) is 12.1. The smallest absolute Gasteiger partial charge is 0.137 e. The molecule has 1 aliphatic rings. The van der Waals surface area contributed by atoms with Crippen molar-refractivity contribution >= 4 is 5.71 Å². The van der Waals surface area contributed by atoms with Crippen LogP contribution >= 0.6 is 0 Å². The largest absolute Gasteiger partial charge is 0.479 e. The van der Waals surface area contributed by atoms with Crippen LogP contribution in [-0.2, 0) is 4.74 Å². The van der Waals surface area contributed by atoms with Crippen LogP contribution in [0.25, 0.3) is 0 Å². The van der Waals surface area contributed by atoms with E-state index in [1.165, 1.54) is 0 Å². The van der Waals surface area contributed by atoms with Gasteiger partial charge in [0.15, 0.2) is 0 Å². The van der Waals surface area contributed by atoms with E-state index in [1.54, 1.807) is 0 Å². The van der Waals surface area contributed by atoms with E-state index in [9.17, 15) is 0 Å². The lowest BCUT2D eigenvalue weighted by atomic mass is 9.96. The van der Waals surface area contributed by atoms with Crippen LogP contribution in [0.15, 0.2) is 29.3 Å². The van der Waals surface area contributed by atoms with Crippen LogP contribution in [0.4, 0.5) is 0 Å². The first-order chi connectivity index (χ1) is 8.35. The van der Waals surface area contributed by atoms with Crippen molar-refractivity contribution in [2.75, 3.05) is 27.0 Å².